The lowest BCUT2D eigenvalue weighted by molar-refractivity contribution is -0.120. The summed E-state index contributed by atoms with van der Waals surface area (Å²) in [5.41, 5.74) is 9.90. The highest BCUT2D eigenvalue weighted by Gasteiger charge is 2.20. The average molecular weight is 523 g/mol. The van der Waals surface area contributed by atoms with Gasteiger partial charge in [-0.15, -0.1) is 0 Å². The van der Waals surface area contributed by atoms with Gasteiger partial charge in [0.2, 0.25) is 11.8 Å². The Kier molecular flexibility index (Phi) is 9.57. The van der Waals surface area contributed by atoms with Crippen molar-refractivity contribution in [3.05, 3.63) is 48.5 Å². The van der Waals surface area contributed by atoms with Crippen LogP contribution < -0.4 is 20.7 Å². The van der Waals surface area contributed by atoms with Crippen molar-refractivity contribution in [1.29, 1.82) is 0 Å². The SMILES string of the molecule is CN1CCN(CC(=O)N(C)c2ccc(NNc3ccc(N(C)C(=O)CN4CCN(C)CC4)cc3)cc2)CC1. The molecule has 2 aliphatic heterocycles. The third kappa shape index (κ3) is 7.67. The van der Waals surface area contributed by atoms with E-state index in [2.05, 4.69) is 44.5 Å². The maximum Gasteiger partial charge on any atom is 0.240 e. The van der Waals surface area contributed by atoms with Crippen LogP contribution in [0.3, 0.4) is 0 Å². The Hall–Kier alpha value is -3.18. The highest BCUT2D eigenvalue weighted by Crippen LogP contribution is 2.20. The summed E-state index contributed by atoms with van der Waals surface area (Å²) in [6.07, 6.45) is 0. The Morgan fingerprint density at radius 2 is 0.921 bits per heavy atom. The van der Waals surface area contributed by atoms with Crippen LogP contribution in [0.4, 0.5) is 22.7 Å². The lowest BCUT2D eigenvalue weighted by atomic mass is 10.2. The molecule has 2 aromatic rings. The van der Waals surface area contributed by atoms with E-state index in [0.29, 0.717) is 13.1 Å². The van der Waals surface area contributed by atoms with Crippen LogP contribution in [0.15, 0.2) is 48.5 Å². The maximum absolute atomic E-state index is 12.7. The van der Waals surface area contributed by atoms with Gasteiger partial charge in [0.1, 0.15) is 0 Å². The Morgan fingerprint density at radius 3 is 1.24 bits per heavy atom. The summed E-state index contributed by atoms with van der Waals surface area (Å²) >= 11 is 0. The first-order valence-corrected chi connectivity index (χ1v) is 13.4. The molecule has 206 valence electrons. The second-order valence-electron chi connectivity index (χ2n) is 10.4. The van der Waals surface area contributed by atoms with Gasteiger partial charge in [0.25, 0.3) is 0 Å². The zero-order chi connectivity index (χ0) is 27.1. The summed E-state index contributed by atoms with van der Waals surface area (Å²) in [7, 11) is 7.88. The summed E-state index contributed by atoms with van der Waals surface area (Å²) in [5, 5.41) is 0. The number of rotatable bonds is 9. The molecule has 0 spiro atoms. The van der Waals surface area contributed by atoms with Gasteiger partial charge in [-0.2, -0.15) is 0 Å². The van der Waals surface area contributed by atoms with Crippen molar-refractivity contribution in [3.63, 3.8) is 0 Å². The smallest absolute Gasteiger partial charge is 0.240 e. The number of benzene rings is 2. The molecule has 2 amide bonds. The Morgan fingerprint density at radius 1 is 0.605 bits per heavy atom. The highest BCUT2D eigenvalue weighted by molar-refractivity contribution is 5.95. The first kappa shape index (κ1) is 27.8. The van der Waals surface area contributed by atoms with Crippen molar-refractivity contribution in [2.24, 2.45) is 0 Å². The number of hydrazine groups is 1. The third-order valence-corrected chi connectivity index (χ3v) is 7.52. The summed E-state index contributed by atoms with van der Waals surface area (Å²) in [6.45, 7) is 8.58. The number of piperazine rings is 2. The molecule has 0 radical (unpaired) electrons. The van der Waals surface area contributed by atoms with Crippen molar-refractivity contribution < 1.29 is 9.59 Å². The molecule has 2 aromatic carbocycles. The van der Waals surface area contributed by atoms with Gasteiger partial charge in [-0.3, -0.25) is 19.4 Å². The normalized spacial score (nSPS) is 17.7. The second-order valence-corrected chi connectivity index (χ2v) is 10.4. The molecule has 0 unspecified atom stereocenters. The fourth-order valence-corrected chi connectivity index (χ4v) is 4.58. The van der Waals surface area contributed by atoms with Crippen LogP contribution in [-0.2, 0) is 9.59 Å². The van der Waals surface area contributed by atoms with Crippen LogP contribution >= 0.6 is 0 Å². The van der Waals surface area contributed by atoms with E-state index >= 15 is 0 Å². The van der Waals surface area contributed by atoms with Crippen molar-refractivity contribution in [1.82, 2.24) is 19.6 Å². The first-order valence-electron chi connectivity index (χ1n) is 13.4. The van der Waals surface area contributed by atoms with E-state index in [0.717, 1.165) is 75.1 Å². The van der Waals surface area contributed by atoms with Gasteiger partial charge >= 0.3 is 0 Å². The van der Waals surface area contributed by atoms with Gasteiger partial charge < -0.3 is 30.5 Å². The molecular weight excluding hydrogens is 480 g/mol. The fraction of sp³-hybridized carbons (Fsp3) is 0.500. The van der Waals surface area contributed by atoms with E-state index in [1.54, 1.807) is 9.80 Å². The van der Waals surface area contributed by atoms with Crippen LogP contribution in [0.25, 0.3) is 0 Å². The number of hydrogen-bond acceptors (Lipinski definition) is 8. The first-order chi connectivity index (χ1) is 18.3. The van der Waals surface area contributed by atoms with Crippen molar-refractivity contribution in [2.45, 2.75) is 0 Å². The molecule has 0 atom stereocenters. The van der Waals surface area contributed by atoms with E-state index in [9.17, 15) is 9.59 Å². The van der Waals surface area contributed by atoms with Gasteiger partial charge in [-0.05, 0) is 62.6 Å². The van der Waals surface area contributed by atoms with E-state index in [1.807, 2.05) is 62.6 Å². The minimum Gasteiger partial charge on any atom is -0.314 e. The van der Waals surface area contributed by atoms with Crippen molar-refractivity contribution in [3.8, 4) is 0 Å². The molecular formula is C28H42N8O2. The Balaban J connectivity index is 1.22. The summed E-state index contributed by atoms with van der Waals surface area (Å²) < 4.78 is 0. The van der Waals surface area contributed by atoms with Crippen LogP contribution in [0.1, 0.15) is 0 Å². The lowest BCUT2D eigenvalue weighted by Gasteiger charge is -2.32. The molecule has 4 rings (SSSR count). The number of hydrogen-bond donors (Lipinski definition) is 2. The summed E-state index contributed by atoms with van der Waals surface area (Å²) in [4.78, 5) is 37.9. The number of anilines is 4. The molecule has 0 bridgehead atoms. The zero-order valence-corrected chi connectivity index (χ0v) is 23.2. The molecule has 10 heteroatoms. The Labute approximate surface area is 226 Å². The van der Waals surface area contributed by atoms with Gasteiger partial charge in [-0.25, -0.2) is 0 Å². The molecule has 38 heavy (non-hydrogen) atoms. The predicted octanol–water partition coefficient (Wildman–Crippen LogP) is 1.55. The monoisotopic (exact) mass is 522 g/mol. The fourth-order valence-electron chi connectivity index (χ4n) is 4.58. The Bertz CT molecular complexity index is 960. The number of amides is 2. The molecule has 2 saturated heterocycles. The number of likely N-dealkylation sites (N-methyl/N-ethyl adjacent to an activating group) is 4. The largest absolute Gasteiger partial charge is 0.314 e. The van der Waals surface area contributed by atoms with Crippen molar-refractivity contribution >= 4 is 34.6 Å². The predicted molar refractivity (Wildman–Crippen MR) is 155 cm³/mol. The lowest BCUT2D eigenvalue weighted by Crippen LogP contribution is -2.48. The van der Waals surface area contributed by atoms with Crippen molar-refractivity contribution in [2.75, 3.05) is 114 Å². The number of carbonyl (C=O) groups excluding carboxylic acids is 2. The van der Waals surface area contributed by atoms with E-state index < -0.39 is 0 Å². The third-order valence-electron chi connectivity index (χ3n) is 7.52. The standard InChI is InChI=1S/C28H42N8O2/c1-31-13-17-35(18-14-31)21-27(37)33(3)25-9-5-23(6-10-25)29-30-24-7-11-26(12-8-24)34(4)28(38)22-36-19-15-32(2)16-20-36/h5-12,29-30H,13-22H2,1-4H3. The average Bonchev–Trinajstić information content (AvgIpc) is 2.94. The van der Waals surface area contributed by atoms with Gasteiger partial charge in [0.15, 0.2) is 0 Å². The maximum atomic E-state index is 12.7. The minimum atomic E-state index is 0.0976. The summed E-state index contributed by atoms with van der Waals surface area (Å²) in [5.74, 6) is 0.195. The molecule has 0 saturated carbocycles. The molecule has 2 N–H and O–H groups in total. The summed E-state index contributed by atoms with van der Waals surface area (Å²) in [6, 6.07) is 15.5. The second kappa shape index (κ2) is 13.1. The van der Waals surface area contributed by atoms with Gasteiger partial charge in [0, 0.05) is 77.8 Å². The minimum absolute atomic E-state index is 0.0976. The molecule has 10 nitrogen and oxygen atoms in total. The van der Waals surface area contributed by atoms with E-state index in [-0.39, 0.29) is 11.8 Å². The molecule has 0 aromatic heterocycles. The topological polar surface area (TPSA) is 77.6 Å². The highest BCUT2D eigenvalue weighted by atomic mass is 16.2. The number of nitrogens with one attached hydrogen (secondary N) is 2. The molecule has 2 heterocycles. The number of nitrogens with zero attached hydrogens (tertiary/aromatic N) is 6. The van der Waals surface area contributed by atoms with Crippen LogP contribution in [-0.4, -0.2) is 125 Å². The van der Waals surface area contributed by atoms with Crippen LogP contribution in [0, 0.1) is 0 Å². The van der Waals surface area contributed by atoms with Gasteiger partial charge in [-0.1, -0.05) is 0 Å². The molecule has 2 aliphatic rings. The van der Waals surface area contributed by atoms with Crippen LogP contribution in [0.5, 0.6) is 0 Å². The molecule has 2 fully saturated rings. The van der Waals surface area contributed by atoms with Gasteiger partial charge in [0.05, 0.1) is 24.5 Å². The van der Waals surface area contributed by atoms with E-state index in [1.165, 1.54) is 0 Å². The quantitative estimate of drug-likeness (QED) is 0.481. The zero-order valence-electron chi connectivity index (χ0n) is 23.2. The molecule has 0 aliphatic carbocycles. The van der Waals surface area contributed by atoms with Crippen LogP contribution in [0.2, 0.25) is 0 Å². The number of carbonyl (C=O) groups is 2. The van der Waals surface area contributed by atoms with E-state index in [4.69, 9.17) is 0 Å².